The number of benzene rings is 1. The summed E-state index contributed by atoms with van der Waals surface area (Å²) in [6, 6.07) is 5.62. The van der Waals surface area contributed by atoms with Gasteiger partial charge in [-0.3, -0.25) is 9.69 Å². The molecule has 28 heavy (non-hydrogen) atoms. The lowest BCUT2D eigenvalue weighted by atomic mass is 9.77. The highest BCUT2D eigenvalue weighted by molar-refractivity contribution is 5.42. The summed E-state index contributed by atoms with van der Waals surface area (Å²) in [5.41, 5.74) is 3.14. The van der Waals surface area contributed by atoms with Gasteiger partial charge in [0, 0.05) is 30.0 Å². The van der Waals surface area contributed by atoms with Crippen molar-refractivity contribution in [3.63, 3.8) is 0 Å². The lowest BCUT2D eigenvalue weighted by molar-refractivity contribution is 0.136. The Morgan fingerprint density at radius 2 is 2.21 bits per heavy atom. The van der Waals surface area contributed by atoms with Crippen molar-refractivity contribution in [1.82, 2.24) is 14.9 Å². The number of aromatic nitrogens is 2. The molecule has 5 rings (SSSR count). The molecule has 148 valence electrons. The average molecular weight is 381 g/mol. The molecule has 2 N–H and O–H groups in total. The molecule has 0 bridgehead atoms. The van der Waals surface area contributed by atoms with Crippen molar-refractivity contribution in [2.24, 2.45) is 0 Å². The molecule has 1 spiro atoms. The number of phenolic OH excluding ortho intramolecular Hbond substituents is 1. The molecule has 6 nitrogen and oxygen atoms in total. The number of fused-ring (bicyclic) bond motifs is 2. The van der Waals surface area contributed by atoms with Gasteiger partial charge in [0.25, 0.3) is 5.56 Å². The maximum Gasteiger partial charge on any atom is 0.254 e. The monoisotopic (exact) mass is 381 g/mol. The number of ether oxygens (including phenoxy) is 1. The molecular formula is C22H27N3O3. The third kappa shape index (κ3) is 3.00. The predicted molar refractivity (Wildman–Crippen MR) is 106 cm³/mol. The number of likely N-dealkylation sites (tertiary alicyclic amines) is 1. The summed E-state index contributed by atoms with van der Waals surface area (Å²) in [4.78, 5) is 23.1. The number of phenols is 1. The number of hydrogen-bond donors (Lipinski definition) is 2. The molecule has 1 unspecified atom stereocenters. The summed E-state index contributed by atoms with van der Waals surface area (Å²) < 4.78 is 5.15. The Morgan fingerprint density at radius 1 is 1.36 bits per heavy atom. The van der Waals surface area contributed by atoms with Crippen LogP contribution in [0.5, 0.6) is 11.5 Å². The zero-order chi connectivity index (χ0) is 19.3. The maximum absolute atomic E-state index is 12.6. The molecule has 2 heterocycles. The topological polar surface area (TPSA) is 78.5 Å². The van der Waals surface area contributed by atoms with Crippen molar-refractivity contribution in [3.05, 3.63) is 51.2 Å². The van der Waals surface area contributed by atoms with E-state index in [0.717, 1.165) is 80.8 Å². The molecule has 3 aliphatic rings. The second-order valence-corrected chi connectivity index (χ2v) is 8.65. The molecule has 6 heteroatoms. The van der Waals surface area contributed by atoms with Crippen molar-refractivity contribution >= 4 is 0 Å². The average Bonchev–Trinajstić information content (AvgIpc) is 3.47. The van der Waals surface area contributed by atoms with Crippen LogP contribution in [0.4, 0.5) is 0 Å². The zero-order valence-electron chi connectivity index (χ0n) is 16.3. The Morgan fingerprint density at radius 3 is 2.96 bits per heavy atom. The van der Waals surface area contributed by atoms with E-state index in [1.54, 1.807) is 13.2 Å². The number of nitrogens with one attached hydrogen (secondary N) is 1. The first kappa shape index (κ1) is 17.7. The summed E-state index contributed by atoms with van der Waals surface area (Å²) in [7, 11) is 1.56. The van der Waals surface area contributed by atoms with Crippen LogP contribution in [0, 0.1) is 0 Å². The van der Waals surface area contributed by atoms with Gasteiger partial charge in [-0.1, -0.05) is 6.07 Å². The smallest absolute Gasteiger partial charge is 0.254 e. The molecule has 1 aromatic carbocycles. The number of rotatable bonds is 4. The summed E-state index contributed by atoms with van der Waals surface area (Å²) in [6.07, 6.45) is 6.33. The molecule has 2 aromatic rings. The van der Waals surface area contributed by atoms with Crippen molar-refractivity contribution in [3.8, 4) is 11.5 Å². The highest BCUT2D eigenvalue weighted by atomic mass is 16.5. The zero-order valence-corrected chi connectivity index (χ0v) is 16.3. The number of methoxy groups -OCH3 is 1. The van der Waals surface area contributed by atoms with Crippen LogP contribution in [-0.2, 0) is 18.4 Å². The van der Waals surface area contributed by atoms with Crippen LogP contribution in [0.2, 0.25) is 0 Å². The molecule has 1 aromatic heterocycles. The van der Waals surface area contributed by atoms with Gasteiger partial charge in [-0.15, -0.1) is 0 Å². The molecule has 1 saturated heterocycles. The van der Waals surface area contributed by atoms with E-state index in [1.165, 1.54) is 0 Å². The van der Waals surface area contributed by atoms with Gasteiger partial charge in [0.05, 0.1) is 12.8 Å². The SMILES string of the molecule is COc1ccc(CN2CCCC3(CCc4c3nc(C3CC3)[nH]c4=O)C2)cc1O. The quantitative estimate of drug-likeness (QED) is 0.851. The Bertz CT molecular complexity index is 966. The normalized spacial score (nSPS) is 24.5. The molecule has 1 saturated carbocycles. The molecule has 2 aliphatic carbocycles. The van der Waals surface area contributed by atoms with Crippen LogP contribution < -0.4 is 10.3 Å². The largest absolute Gasteiger partial charge is 0.504 e. The van der Waals surface area contributed by atoms with Gasteiger partial charge in [-0.05, 0) is 62.8 Å². The van der Waals surface area contributed by atoms with Crippen molar-refractivity contribution < 1.29 is 9.84 Å². The fraction of sp³-hybridized carbons (Fsp3) is 0.545. The first-order chi connectivity index (χ1) is 13.6. The van der Waals surface area contributed by atoms with E-state index in [9.17, 15) is 9.90 Å². The Hall–Kier alpha value is -2.34. The lowest BCUT2D eigenvalue weighted by Crippen LogP contribution is -2.45. The third-order valence-electron chi connectivity index (χ3n) is 6.66. The molecule has 0 amide bonds. The summed E-state index contributed by atoms with van der Waals surface area (Å²) >= 11 is 0. The van der Waals surface area contributed by atoms with E-state index in [1.807, 2.05) is 12.1 Å². The lowest BCUT2D eigenvalue weighted by Gasteiger charge is -2.40. The van der Waals surface area contributed by atoms with Crippen LogP contribution in [0.1, 0.15) is 60.7 Å². The fourth-order valence-corrected chi connectivity index (χ4v) is 5.07. The number of aromatic amines is 1. The van der Waals surface area contributed by atoms with E-state index < -0.39 is 0 Å². The molecule has 0 radical (unpaired) electrons. The van der Waals surface area contributed by atoms with E-state index in [2.05, 4.69) is 9.88 Å². The number of hydrogen-bond acceptors (Lipinski definition) is 5. The van der Waals surface area contributed by atoms with Gasteiger partial charge in [0.15, 0.2) is 11.5 Å². The minimum atomic E-state index is -0.00000165. The second kappa shape index (κ2) is 6.62. The minimum Gasteiger partial charge on any atom is -0.504 e. The van der Waals surface area contributed by atoms with E-state index in [-0.39, 0.29) is 16.7 Å². The number of aromatic hydroxyl groups is 1. The highest BCUT2D eigenvalue weighted by Gasteiger charge is 2.45. The summed E-state index contributed by atoms with van der Waals surface area (Å²) in [5.74, 6) is 2.04. The number of piperidine rings is 1. The van der Waals surface area contributed by atoms with Crippen LogP contribution in [0.25, 0.3) is 0 Å². The van der Waals surface area contributed by atoms with Gasteiger partial charge in [0.2, 0.25) is 0 Å². The summed E-state index contributed by atoms with van der Waals surface area (Å²) in [5, 5.41) is 10.1. The fourth-order valence-electron chi connectivity index (χ4n) is 5.07. The first-order valence-corrected chi connectivity index (χ1v) is 10.3. The second-order valence-electron chi connectivity index (χ2n) is 8.65. The van der Waals surface area contributed by atoms with Gasteiger partial charge in [-0.2, -0.15) is 0 Å². The molecule has 1 atom stereocenters. The van der Waals surface area contributed by atoms with Gasteiger partial charge in [0.1, 0.15) is 5.82 Å². The highest BCUT2D eigenvalue weighted by Crippen LogP contribution is 2.45. The van der Waals surface area contributed by atoms with Gasteiger partial charge >= 0.3 is 0 Å². The Kier molecular flexibility index (Phi) is 4.19. The van der Waals surface area contributed by atoms with Gasteiger partial charge < -0.3 is 14.8 Å². The van der Waals surface area contributed by atoms with Crippen molar-refractivity contribution in [2.45, 2.75) is 56.4 Å². The van der Waals surface area contributed by atoms with Crippen LogP contribution in [0.3, 0.4) is 0 Å². The molecule has 1 aliphatic heterocycles. The van der Waals surface area contributed by atoms with Crippen molar-refractivity contribution in [1.29, 1.82) is 0 Å². The van der Waals surface area contributed by atoms with E-state index >= 15 is 0 Å². The van der Waals surface area contributed by atoms with Crippen LogP contribution in [0.15, 0.2) is 23.0 Å². The molecular weight excluding hydrogens is 354 g/mol. The Labute approximate surface area is 164 Å². The summed E-state index contributed by atoms with van der Waals surface area (Å²) in [6.45, 7) is 2.74. The maximum atomic E-state index is 12.6. The predicted octanol–water partition coefficient (Wildman–Crippen LogP) is 2.84. The third-order valence-corrected chi connectivity index (χ3v) is 6.66. The van der Waals surface area contributed by atoms with Crippen LogP contribution in [-0.4, -0.2) is 40.2 Å². The van der Waals surface area contributed by atoms with E-state index in [0.29, 0.717) is 11.7 Å². The standard InChI is InChI=1S/C22H27N3O3/c1-28-18-6-3-14(11-17(18)26)12-25-10-2-8-22(13-25)9-7-16-19(22)23-20(15-4-5-15)24-21(16)27/h3,6,11,15,26H,2,4-5,7-10,12-13H2,1H3,(H,23,24,27). The minimum absolute atomic E-state index is 0.00000165. The first-order valence-electron chi connectivity index (χ1n) is 10.3. The Balaban J connectivity index is 1.41. The van der Waals surface area contributed by atoms with Crippen molar-refractivity contribution in [2.75, 3.05) is 20.2 Å². The van der Waals surface area contributed by atoms with E-state index in [4.69, 9.17) is 9.72 Å². The number of nitrogens with zero attached hydrogens (tertiary/aromatic N) is 2. The molecule has 2 fully saturated rings. The number of H-pyrrole nitrogens is 1. The van der Waals surface area contributed by atoms with Gasteiger partial charge in [-0.25, -0.2) is 4.98 Å². The van der Waals surface area contributed by atoms with Crippen LogP contribution >= 0.6 is 0 Å².